The Balaban J connectivity index is 1.29. The number of rotatable bonds is 8. The van der Waals surface area contributed by atoms with E-state index in [-0.39, 0.29) is 12.5 Å². The zero-order valence-electron chi connectivity index (χ0n) is 13.1. The number of nitrogens with two attached hydrogens (primary N) is 4. The Hall–Kier alpha value is -0.320. The van der Waals surface area contributed by atoms with Crippen LogP contribution in [0, 0.1) is 11.8 Å². The Kier molecular flexibility index (Phi) is 4.73. The average molecular weight is 314 g/mol. The highest BCUT2D eigenvalue weighted by Crippen LogP contribution is 2.30. The summed E-state index contributed by atoms with van der Waals surface area (Å²) in [6, 6.07) is 0. The summed E-state index contributed by atoms with van der Waals surface area (Å²) < 4.78 is 10.3. The van der Waals surface area contributed by atoms with Gasteiger partial charge >= 0.3 is 0 Å². The number of hydrogen-bond acceptors (Lipinski definition) is 8. The van der Waals surface area contributed by atoms with E-state index in [1.54, 1.807) is 0 Å². The lowest BCUT2D eigenvalue weighted by Gasteiger charge is -2.30. The van der Waals surface area contributed by atoms with Crippen LogP contribution in [0.3, 0.4) is 0 Å². The number of epoxide rings is 2. The topological polar surface area (TPSA) is 153 Å². The van der Waals surface area contributed by atoms with Crippen LogP contribution < -0.4 is 33.6 Å². The van der Waals surface area contributed by atoms with Gasteiger partial charge in [0.25, 0.3) is 0 Å². The van der Waals surface area contributed by atoms with Crippen molar-refractivity contribution in [2.45, 2.75) is 49.6 Å². The molecule has 1 aliphatic carbocycles. The van der Waals surface area contributed by atoms with Crippen LogP contribution in [0.4, 0.5) is 0 Å². The molecule has 8 heteroatoms. The fourth-order valence-electron chi connectivity index (χ4n) is 3.41. The fraction of sp³-hybridized carbons (Fsp3) is 1.00. The van der Waals surface area contributed by atoms with Crippen molar-refractivity contribution in [1.29, 1.82) is 0 Å². The van der Waals surface area contributed by atoms with E-state index >= 15 is 0 Å². The third kappa shape index (κ3) is 3.95. The molecule has 6 unspecified atom stereocenters. The first kappa shape index (κ1) is 16.5. The molecule has 6 atom stereocenters. The standard InChI is InChI=1S/C14H30N6O2/c15-11-13(17,21-11)7-19-5-9-2-1-3-10(4-9)6-20-8-14(18)12(16)22-14/h9-12,19-20H,1-8,15-18H2. The zero-order valence-corrected chi connectivity index (χ0v) is 13.1. The van der Waals surface area contributed by atoms with Gasteiger partial charge in [-0.05, 0) is 44.2 Å². The Morgan fingerprint density at radius 3 is 1.64 bits per heavy atom. The first-order chi connectivity index (χ1) is 10.4. The summed E-state index contributed by atoms with van der Waals surface area (Å²) >= 11 is 0. The van der Waals surface area contributed by atoms with Crippen LogP contribution in [0.15, 0.2) is 0 Å². The van der Waals surface area contributed by atoms with Crippen LogP contribution >= 0.6 is 0 Å². The lowest BCUT2D eigenvalue weighted by molar-refractivity contribution is 0.232. The molecule has 2 aliphatic heterocycles. The molecule has 2 heterocycles. The van der Waals surface area contributed by atoms with E-state index in [1.165, 1.54) is 25.7 Å². The second-order valence-corrected chi connectivity index (χ2v) is 7.15. The van der Waals surface area contributed by atoms with Gasteiger partial charge < -0.3 is 31.6 Å². The maximum absolute atomic E-state index is 5.90. The van der Waals surface area contributed by atoms with Crippen molar-refractivity contribution in [2.24, 2.45) is 34.8 Å². The molecule has 0 radical (unpaired) electrons. The Labute approximate surface area is 131 Å². The molecule has 128 valence electrons. The van der Waals surface area contributed by atoms with E-state index in [0.717, 1.165) is 13.1 Å². The molecular formula is C14H30N6O2. The summed E-state index contributed by atoms with van der Waals surface area (Å²) in [5.74, 6) is 1.37. The normalized spacial score (nSPS) is 47.5. The van der Waals surface area contributed by atoms with E-state index in [9.17, 15) is 0 Å². The van der Waals surface area contributed by atoms with Gasteiger partial charge in [0.2, 0.25) is 0 Å². The van der Waals surface area contributed by atoms with Gasteiger partial charge in [-0.3, -0.25) is 11.5 Å². The Morgan fingerprint density at radius 1 is 0.864 bits per heavy atom. The minimum absolute atomic E-state index is 0.317. The van der Waals surface area contributed by atoms with E-state index < -0.39 is 11.4 Å². The molecule has 0 spiro atoms. The predicted molar refractivity (Wildman–Crippen MR) is 83.1 cm³/mol. The van der Waals surface area contributed by atoms with E-state index in [1.807, 2.05) is 0 Å². The van der Waals surface area contributed by atoms with Crippen molar-refractivity contribution < 1.29 is 9.47 Å². The summed E-state index contributed by atoms with van der Waals surface area (Å²) in [7, 11) is 0. The monoisotopic (exact) mass is 314 g/mol. The molecule has 10 N–H and O–H groups in total. The first-order valence-electron chi connectivity index (χ1n) is 8.27. The molecule has 0 amide bonds. The van der Waals surface area contributed by atoms with Crippen LogP contribution in [-0.2, 0) is 9.47 Å². The zero-order chi connectivity index (χ0) is 15.8. The second kappa shape index (κ2) is 6.29. The summed E-state index contributed by atoms with van der Waals surface area (Å²) in [6.45, 7) is 3.19. The quantitative estimate of drug-likeness (QED) is 0.279. The van der Waals surface area contributed by atoms with Gasteiger partial charge in [-0.2, -0.15) is 0 Å². The molecule has 3 rings (SSSR count). The second-order valence-electron chi connectivity index (χ2n) is 7.15. The van der Waals surface area contributed by atoms with E-state index in [0.29, 0.717) is 24.9 Å². The third-order valence-electron chi connectivity index (χ3n) is 5.10. The maximum Gasteiger partial charge on any atom is 0.171 e. The van der Waals surface area contributed by atoms with Gasteiger partial charge in [0.05, 0.1) is 0 Å². The fourth-order valence-corrected chi connectivity index (χ4v) is 3.41. The summed E-state index contributed by atoms with van der Waals surface area (Å²) in [6.07, 6.45) is 4.39. The Morgan fingerprint density at radius 2 is 1.27 bits per heavy atom. The highest BCUT2D eigenvalue weighted by atomic mass is 16.6. The summed E-state index contributed by atoms with van der Waals surface area (Å²) in [5.41, 5.74) is 21.8. The van der Waals surface area contributed by atoms with Crippen molar-refractivity contribution in [3.8, 4) is 0 Å². The molecule has 8 nitrogen and oxygen atoms in total. The van der Waals surface area contributed by atoms with Crippen LogP contribution in [0.1, 0.15) is 25.7 Å². The SMILES string of the molecule is NC1OC1(N)CNCC1CCCC(CNCC2(N)OC2N)C1. The number of hydrogen-bond donors (Lipinski definition) is 6. The molecule has 0 bridgehead atoms. The van der Waals surface area contributed by atoms with Crippen molar-refractivity contribution in [2.75, 3.05) is 26.2 Å². The summed E-state index contributed by atoms with van der Waals surface area (Å²) in [4.78, 5) is 0. The van der Waals surface area contributed by atoms with Gasteiger partial charge in [-0.1, -0.05) is 6.42 Å². The van der Waals surface area contributed by atoms with Crippen molar-refractivity contribution in [1.82, 2.24) is 10.6 Å². The van der Waals surface area contributed by atoms with Crippen LogP contribution in [-0.4, -0.2) is 50.1 Å². The molecule has 3 aliphatic rings. The van der Waals surface area contributed by atoms with Gasteiger partial charge in [-0.25, -0.2) is 0 Å². The van der Waals surface area contributed by atoms with Crippen LogP contribution in [0.2, 0.25) is 0 Å². The molecule has 0 aromatic rings. The molecule has 1 saturated carbocycles. The predicted octanol–water partition coefficient (Wildman–Crippen LogP) is -2.09. The van der Waals surface area contributed by atoms with Gasteiger partial charge in [-0.15, -0.1) is 0 Å². The largest absolute Gasteiger partial charge is 0.333 e. The lowest BCUT2D eigenvalue weighted by Crippen LogP contribution is -2.44. The van der Waals surface area contributed by atoms with Crippen molar-refractivity contribution in [3.05, 3.63) is 0 Å². The molecular weight excluding hydrogens is 284 g/mol. The third-order valence-corrected chi connectivity index (χ3v) is 5.10. The van der Waals surface area contributed by atoms with Crippen LogP contribution in [0.25, 0.3) is 0 Å². The van der Waals surface area contributed by atoms with Crippen molar-refractivity contribution in [3.63, 3.8) is 0 Å². The Bertz CT molecular complexity index is 366. The minimum Gasteiger partial charge on any atom is -0.333 e. The maximum atomic E-state index is 5.90. The molecule has 3 fully saturated rings. The highest BCUT2D eigenvalue weighted by molar-refractivity contribution is 4.96. The lowest BCUT2D eigenvalue weighted by atomic mass is 9.81. The minimum atomic E-state index is -0.645. The van der Waals surface area contributed by atoms with E-state index in [2.05, 4.69) is 10.6 Å². The molecule has 2 saturated heterocycles. The summed E-state index contributed by atoms with van der Waals surface area (Å²) in [5, 5.41) is 6.80. The number of ether oxygens (including phenoxy) is 2. The smallest absolute Gasteiger partial charge is 0.171 e. The van der Waals surface area contributed by atoms with Gasteiger partial charge in [0.1, 0.15) is 0 Å². The first-order valence-corrected chi connectivity index (χ1v) is 8.27. The average Bonchev–Trinajstić information content (AvgIpc) is 3.27. The molecule has 0 aromatic carbocycles. The molecule has 0 aromatic heterocycles. The highest BCUT2D eigenvalue weighted by Gasteiger charge is 2.51. The van der Waals surface area contributed by atoms with E-state index in [4.69, 9.17) is 32.4 Å². The van der Waals surface area contributed by atoms with Gasteiger partial charge in [0, 0.05) is 13.1 Å². The van der Waals surface area contributed by atoms with Gasteiger partial charge in [0.15, 0.2) is 23.9 Å². The van der Waals surface area contributed by atoms with Crippen molar-refractivity contribution >= 4 is 0 Å². The molecule has 22 heavy (non-hydrogen) atoms. The van der Waals surface area contributed by atoms with Crippen LogP contribution in [0.5, 0.6) is 0 Å². The number of nitrogens with one attached hydrogen (secondary N) is 2.